The lowest BCUT2D eigenvalue weighted by Crippen LogP contribution is -2.00. The van der Waals surface area contributed by atoms with E-state index in [9.17, 15) is 0 Å². The Morgan fingerprint density at radius 1 is 0.556 bits per heavy atom. The van der Waals surface area contributed by atoms with Gasteiger partial charge in [-0.2, -0.15) is 0 Å². The first-order valence-electron chi connectivity index (χ1n) is 17.1. The van der Waals surface area contributed by atoms with Crippen molar-refractivity contribution in [3.63, 3.8) is 0 Å². The third-order valence-corrected chi connectivity index (χ3v) is 9.13. The van der Waals surface area contributed by atoms with Crippen molar-refractivity contribution in [2.24, 2.45) is 0 Å². The van der Waals surface area contributed by atoms with Crippen molar-refractivity contribution in [2.45, 2.75) is 90.9 Å². The summed E-state index contributed by atoms with van der Waals surface area (Å²) < 4.78 is 12.4. The Balaban J connectivity index is 1.42. The van der Waals surface area contributed by atoms with Crippen LogP contribution in [0.5, 0.6) is 11.5 Å². The number of aromatic nitrogens is 2. The van der Waals surface area contributed by atoms with E-state index < -0.39 is 0 Å². The number of thiophene rings is 1. The average Bonchev–Trinajstić information content (AvgIpc) is 3.62. The molecular weight excluding hydrogens is 573 g/mol. The second-order valence-corrected chi connectivity index (χ2v) is 12.8. The molecule has 5 heteroatoms. The second-order valence-electron chi connectivity index (χ2n) is 11.9. The van der Waals surface area contributed by atoms with Crippen LogP contribution in [0.3, 0.4) is 0 Å². The number of hydrogen-bond acceptors (Lipinski definition) is 5. The van der Waals surface area contributed by atoms with Crippen molar-refractivity contribution in [1.82, 2.24) is 9.97 Å². The molecule has 4 nitrogen and oxygen atoms in total. The van der Waals surface area contributed by atoms with Crippen molar-refractivity contribution in [3.8, 4) is 44.5 Å². The van der Waals surface area contributed by atoms with Crippen molar-refractivity contribution in [1.29, 1.82) is 0 Å². The second kappa shape index (κ2) is 17.7. The van der Waals surface area contributed by atoms with Gasteiger partial charge in [0.15, 0.2) is 0 Å². The molecule has 236 valence electrons. The van der Waals surface area contributed by atoms with Gasteiger partial charge in [0.05, 0.1) is 35.6 Å². The van der Waals surface area contributed by atoms with E-state index in [0.29, 0.717) is 0 Å². The highest BCUT2D eigenvalue weighted by Crippen LogP contribution is 2.37. The van der Waals surface area contributed by atoms with Gasteiger partial charge in [-0.3, -0.25) is 0 Å². The Labute approximate surface area is 273 Å². The SMILES string of the molecule is CCCCCCCCOc1cccc(-c2nc3cccc(-c4cccs4)c3nc2-c2cccc(OCCCCCCCC)c2)c1. The van der Waals surface area contributed by atoms with Crippen LogP contribution in [-0.4, -0.2) is 23.2 Å². The third kappa shape index (κ3) is 9.40. The quantitative estimate of drug-likeness (QED) is 0.0862. The van der Waals surface area contributed by atoms with Crippen LogP contribution >= 0.6 is 11.3 Å². The molecule has 2 aromatic heterocycles. The number of ether oxygens (including phenoxy) is 2. The lowest BCUT2D eigenvalue weighted by Gasteiger charge is -2.14. The topological polar surface area (TPSA) is 44.2 Å². The number of benzene rings is 3. The summed E-state index contributed by atoms with van der Waals surface area (Å²) in [5, 5.41) is 2.11. The highest BCUT2D eigenvalue weighted by Gasteiger charge is 2.17. The van der Waals surface area contributed by atoms with Gasteiger partial charge >= 0.3 is 0 Å². The number of rotatable bonds is 19. The summed E-state index contributed by atoms with van der Waals surface area (Å²) in [6.07, 6.45) is 14.9. The van der Waals surface area contributed by atoms with Gasteiger partial charge < -0.3 is 9.47 Å². The van der Waals surface area contributed by atoms with Crippen molar-refractivity contribution >= 4 is 22.4 Å². The minimum atomic E-state index is 0.729. The van der Waals surface area contributed by atoms with Gasteiger partial charge in [0.1, 0.15) is 11.5 Å². The lowest BCUT2D eigenvalue weighted by molar-refractivity contribution is 0.304. The molecule has 0 bridgehead atoms. The van der Waals surface area contributed by atoms with Crippen molar-refractivity contribution < 1.29 is 9.47 Å². The molecule has 5 rings (SSSR count). The van der Waals surface area contributed by atoms with Crippen LogP contribution in [0.2, 0.25) is 0 Å². The molecule has 0 amide bonds. The van der Waals surface area contributed by atoms with Crippen LogP contribution in [0, 0.1) is 0 Å². The molecule has 0 N–H and O–H groups in total. The maximum Gasteiger partial charge on any atom is 0.119 e. The first-order chi connectivity index (χ1) is 22.3. The van der Waals surface area contributed by atoms with Crippen LogP contribution < -0.4 is 9.47 Å². The highest BCUT2D eigenvalue weighted by atomic mass is 32.1. The van der Waals surface area contributed by atoms with Gasteiger partial charge in [-0.05, 0) is 54.6 Å². The summed E-state index contributed by atoms with van der Waals surface area (Å²) >= 11 is 1.72. The zero-order valence-corrected chi connectivity index (χ0v) is 27.9. The normalized spacial score (nSPS) is 11.2. The molecule has 0 aliphatic heterocycles. The van der Waals surface area contributed by atoms with E-state index in [-0.39, 0.29) is 0 Å². The largest absolute Gasteiger partial charge is 0.494 e. The predicted molar refractivity (Wildman–Crippen MR) is 191 cm³/mol. The Hall–Kier alpha value is -3.70. The van der Waals surface area contributed by atoms with Crippen LogP contribution in [0.4, 0.5) is 0 Å². The van der Waals surface area contributed by atoms with Gasteiger partial charge in [0.25, 0.3) is 0 Å². The number of hydrogen-bond donors (Lipinski definition) is 0. The molecule has 0 atom stereocenters. The van der Waals surface area contributed by atoms with Crippen molar-refractivity contribution in [3.05, 3.63) is 84.2 Å². The van der Waals surface area contributed by atoms with Crippen molar-refractivity contribution in [2.75, 3.05) is 13.2 Å². The molecule has 0 unspecified atom stereocenters. The monoisotopic (exact) mass is 620 g/mol. The first kappa shape index (κ1) is 32.7. The van der Waals surface area contributed by atoms with E-state index in [0.717, 1.165) is 76.7 Å². The molecule has 0 aliphatic carbocycles. The van der Waals surface area contributed by atoms with Crippen LogP contribution in [-0.2, 0) is 0 Å². The molecular formula is C40H48N2O2S. The van der Waals surface area contributed by atoms with E-state index in [1.807, 2.05) is 12.1 Å². The molecule has 0 aliphatic rings. The Morgan fingerprint density at radius 3 is 1.69 bits per heavy atom. The summed E-state index contributed by atoms with van der Waals surface area (Å²) in [4.78, 5) is 11.8. The molecule has 45 heavy (non-hydrogen) atoms. The van der Waals surface area contributed by atoms with Gasteiger partial charge in [0, 0.05) is 21.6 Å². The molecule has 3 aromatic carbocycles. The summed E-state index contributed by atoms with van der Waals surface area (Å²) in [7, 11) is 0. The molecule has 0 saturated carbocycles. The highest BCUT2D eigenvalue weighted by molar-refractivity contribution is 7.13. The minimum absolute atomic E-state index is 0.729. The standard InChI is InChI=1S/C40H48N2O2S/c1-3-5-7-9-11-13-26-43-33-21-15-19-31(29-33)38-39(32-20-16-22-34(30-32)44-27-14-12-10-8-6-4-2)42-40-35(37-25-18-28-45-37)23-17-24-36(40)41-38/h15-25,28-30H,3-14,26-27H2,1-2H3. The van der Waals surface area contributed by atoms with E-state index in [2.05, 4.69) is 86.0 Å². The molecule has 0 saturated heterocycles. The minimum Gasteiger partial charge on any atom is -0.494 e. The predicted octanol–water partition coefficient (Wildman–Crippen LogP) is 12.2. The molecule has 0 spiro atoms. The zero-order chi connectivity index (χ0) is 31.1. The van der Waals surface area contributed by atoms with Gasteiger partial charge in [-0.1, -0.05) is 121 Å². The third-order valence-electron chi connectivity index (χ3n) is 8.23. The molecule has 0 fully saturated rings. The Kier molecular flexibility index (Phi) is 12.9. The molecule has 2 heterocycles. The summed E-state index contributed by atoms with van der Waals surface area (Å²) in [5.74, 6) is 1.74. The van der Waals surface area contributed by atoms with E-state index in [4.69, 9.17) is 19.4 Å². The van der Waals surface area contributed by atoms with E-state index >= 15 is 0 Å². The zero-order valence-electron chi connectivity index (χ0n) is 27.1. The number of unbranched alkanes of at least 4 members (excludes halogenated alkanes) is 10. The van der Waals surface area contributed by atoms with E-state index in [1.54, 1.807) is 11.3 Å². The maximum atomic E-state index is 6.23. The maximum absolute atomic E-state index is 6.23. The number of nitrogens with zero attached hydrogens (tertiary/aromatic N) is 2. The Bertz CT molecular complexity index is 1600. The van der Waals surface area contributed by atoms with Crippen LogP contribution in [0.1, 0.15) is 90.9 Å². The molecule has 5 aromatic rings. The van der Waals surface area contributed by atoms with Crippen LogP contribution in [0.15, 0.2) is 84.2 Å². The fourth-order valence-corrected chi connectivity index (χ4v) is 6.47. The average molecular weight is 621 g/mol. The smallest absolute Gasteiger partial charge is 0.119 e. The van der Waals surface area contributed by atoms with Gasteiger partial charge in [-0.25, -0.2) is 9.97 Å². The van der Waals surface area contributed by atoms with E-state index in [1.165, 1.54) is 69.1 Å². The van der Waals surface area contributed by atoms with Gasteiger partial charge in [-0.15, -0.1) is 11.3 Å². The summed E-state index contributed by atoms with van der Waals surface area (Å²) in [5.41, 5.74) is 6.60. The fourth-order valence-electron chi connectivity index (χ4n) is 5.72. The summed E-state index contributed by atoms with van der Waals surface area (Å²) in [6, 6.07) is 27.2. The summed E-state index contributed by atoms with van der Waals surface area (Å²) in [6.45, 7) is 5.97. The number of para-hydroxylation sites is 1. The molecule has 0 radical (unpaired) electrons. The van der Waals surface area contributed by atoms with Gasteiger partial charge in [0.2, 0.25) is 0 Å². The first-order valence-corrected chi connectivity index (χ1v) is 18.0. The lowest BCUT2D eigenvalue weighted by atomic mass is 10.0. The Morgan fingerprint density at radius 2 is 1.11 bits per heavy atom. The fraction of sp³-hybridized carbons (Fsp3) is 0.400. The van der Waals surface area contributed by atoms with Crippen LogP contribution in [0.25, 0.3) is 44.0 Å². The number of fused-ring (bicyclic) bond motifs is 1.